The summed E-state index contributed by atoms with van der Waals surface area (Å²) in [5.74, 6) is -1.75. The average molecular weight is 320 g/mol. The summed E-state index contributed by atoms with van der Waals surface area (Å²) in [5, 5.41) is 11.0. The summed E-state index contributed by atoms with van der Waals surface area (Å²) in [6.07, 6.45) is 0. The molecule has 0 amide bonds. The van der Waals surface area contributed by atoms with Crippen LogP contribution in [0.4, 0.5) is 5.69 Å². The zero-order chi connectivity index (χ0) is 14.9. The largest absolute Gasteiger partial charge is 0.465 e. The van der Waals surface area contributed by atoms with Crippen molar-refractivity contribution >= 4 is 69.9 Å². The molecule has 0 N–H and O–H groups in total. The molecule has 0 bridgehead atoms. The van der Waals surface area contributed by atoms with Gasteiger partial charge in [0, 0.05) is 35.6 Å². The summed E-state index contributed by atoms with van der Waals surface area (Å²) in [6.45, 7) is 0. The van der Waals surface area contributed by atoms with Crippen molar-refractivity contribution in [3.63, 3.8) is 0 Å². The Labute approximate surface area is 144 Å². The van der Waals surface area contributed by atoms with Crippen LogP contribution in [0.1, 0.15) is 20.7 Å². The molecule has 1 aromatic carbocycles. The number of ether oxygens (including phenoxy) is 2. The maximum Gasteiger partial charge on any atom is 0.341 e. The van der Waals surface area contributed by atoms with Gasteiger partial charge in [-0.2, -0.15) is 8.75 Å². The Morgan fingerprint density at radius 2 is 1.76 bits per heavy atom. The van der Waals surface area contributed by atoms with E-state index in [-0.39, 0.29) is 51.7 Å². The molecule has 1 radical (unpaired) electrons. The fourth-order valence-corrected chi connectivity index (χ4v) is 2.21. The number of carbonyl (C=O) groups excluding carboxylic acids is 2. The van der Waals surface area contributed by atoms with Crippen molar-refractivity contribution in [1.29, 1.82) is 0 Å². The maximum absolute atomic E-state index is 11.8. The summed E-state index contributed by atoms with van der Waals surface area (Å²) >= 11 is 0.690. The van der Waals surface area contributed by atoms with Gasteiger partial charge < -0.3 is 9.47 Å². The van der Waals surface area contributed by atoms with Gasteiger partial charge in [0.2, 0.25) is 0 Å². The Kier molecular flexibility index (Phi) is 5.72. The number of nitro benzene ring substituents is 1. The van der Waals surface area contributed by atoms with E-state index in [1.54, 1.807) is 0 Å². The molecule has 2 rings (SSSR count). The number of hydrogen-bond donors (Lipinski definition) is 0. The first-order chi connectivity index (χ1) is 9.51. The molecular formula is C10H7N3NaO6S. The first kappa shape index (κ1) is 17.4. The van der Waals surface area contributed by atoms with Gasteiger partial charge in [0.15, 0.2) is 5.52 Å². The number of carbonyl (C=O) groups is 2. The minimum absolute atomic E-state index is 0. The molecule has 11 heteroatoms. The van der Waals surface area contributed by atoms with E-state index in [0.717, 1.165) is 20.3 Å². The van der Waals surface area contributed by atoms with Gasteiger partial charge in [-0.05, 0) is 0 Å². The zero-order valence-electron chi connectivity index (χ0n) is 11.3. The molecule has 105 valence electrons. The average Bonchev–Trinajstić information content (AvgIpc) is 2.92. The quantitative estimate of drug-likeness (QED) is 0.352. The molecular weight excluding hydrogens is 313 g/mol. The van der Waals surface area contributed by atoms with Gasteiger partial charge in [-0.25, -0.2) is 9.59 Å². The van der Waals surface area contributed by atoms with Crippen LogP contribution in [0.5, 0.6) is 0 Å². The van der Waals surface area contributed by atoms with Crippen molar-refractivity contribution in [3.8, 4) is 0 Å². The molecule has 0 aliphatic carbocycles. The van der Waals surface area contributed by atoms with E-state index in [4.69, 9.17) is 0 Å². The SMILES string of the molecule is COC(=O)c1cc([N+](=O)[O-])c2nsnc2c1C(=O)OC.[Na]. The molecule has 0 aliphatic rings. The van der Waals surface area contributed by atoms with Crippen molar-refractivity contribution in [2.75, 3.05) is 14.2 Å². The number of non-ortho nitro benzene ring substituents is 1. The van der Waals surface area contributed by atoms with Crippen molar-refractivity contribution in [2.45, 2.75) is 0 Å². The standard InChI is InChI=1S/C10H7N3O6S.Na/c1-18-9(14)4-3-5(13(16)17)7-8(12-20-11-7)6(4)10(15)19-2;/h3H,1-2H3;. The van der Waals surface area contributed by atoms with Crippen molar-refractivity contribution in [3.05, 3.63) is 27.3 Å². The van der Waals surface area contributed by atoms with Crippen molar-refractivity contribution in [2.24, 2.45) is 0 Å². The van der Waals surface area contributed by atoms with E-state index in [2.05, 4.69) is 18.2 Å². The maximum atomic E-state index is 11.8. The molecule has 1 heterocycles. The summed E-state index contributed by atoms with van der Waals surface area (Å²) in [7, 11) is 2.22. The van der Waals surface area contributed by atoms with Gasteiger partial charge in [0.1, 0.15) is 11.1 Å². The summed E-state index contributed by atoms with van der Waals surface area (Å²) in [4.78, 5) is 33.8. The Balaban J connectivity index is 0.00000220. The van der Waals surface area contributed by atoms with E-state index in [0.29, 0.717) is 11.7 Å². The zero-order valence-corrected chi connectivity index (χ0v) is 14.1. The number of esters is 2. The van der Waals surface area contributed by atoms with Gasteiger partial charge in [0.25, 0.3) is 5.69 Å². The summed E-state index contributed by atoms with van der Waals surface area (Å²) in [6, 6.07) is 0.932. The molecule has 0 unspecified atom stereocenters. The monoisotopic (exact) mass is 320 g/mol. The molecule has 9 nitrogen and oxygen atoms in total. The van der Waals surface area contributed by atoms with Crippen LogP contribution >= 0.6 is 11.7 Å². The van der Waals surface area contributed by atoms with Gasteiger partial charge >= 0.3 is 11.9 Å². The predicted molar refractivity (Wildman–Crippen MR) is 72.5 cm³/mol. The van der Waals surface area contributed by atoms with Crippen LogP contribution < -0.4 is 0 Å². The van der Waals surface area contributed by atoms with Crippen LogP contribution in [0.15, 0.2) is 6.07 Å². The Morgan fingerprint density at radius 1 is 1.19 bits per heavy atom. The number of aromatic nitrogens is 2. The molecule has 0 saturated carbocycles. The second-order valence-electron chi connectivity index (χ2n) is 3.52. The van der Waals surface area contributed by atoms with Crippen LogP contribution in [0.25, 0.3) is 11.0 Å². The van der Waals surface area contributed by atoms with E-state index in [1.807, 2.05) is 0 Å². The van der Waals surface area contributed by atoms with E-state index < -0.39 is 22.5 Å². The number of fused-ring (bicyclic) bond motifs is 1. The van der Waals surface area contributed by atoms with E-state index >= 15 is 0 Å². The fourth-order valence-electron chi connectivity index (χ4n) is 1.64. The summed E-state index contributed by atoms with van der Waals surface area (Å²) < 4.78 is 16.7. The number of nitro groups is 1. The number of methoxy groups -OCH3 is 2. The van der Waals surface area contributed by atoms with Gasteiger partial charge in [-0.15, -0.1) is 0 Å². The predicted octanol–water partition coefficient (Wildman–Crippen LogP) is 0.792. The van der Waals surface area contributed by atoms with E-state index in [1.165, 1.54) is 0 Å². The van der Waals surface area contributed by atoms with Crippen LogP contribution in [-0.2, 0) is 9.47 Å². The third-order valence-electron chi connectivity index (χ3n) is 2.51. The Hall–Kier alpha value is -1.62. The molecule has 0 fully saturated rings. The Morgan fingerprint density at radius 3 is 2.29 bits per heavy atom. The number of nitrogens with zero attached hydrogens (tertiary/aromatic N) is 3. The smallest absolute Gasteiger partial charge is 0.341 e. The van der Waals surface area contributed by atoms with Crippen LogP contribution in [0.3, 0.4) is 0 Å². The number of benzene rings is 1. The molecule has 2 aromatic rings. The van der Waals surface area contributed by atoms with Crippen LogP contribution in [0, 0.1) is 10.1 Å². The molecule has 21 heavy (non-hydrogen) atoms. The summed E-state index contributed by atoms with van der Waals surface area (Å²) in [5.41, 5.74) is -1.05. The molecule has 0 atom stereocenters. The van der Waals surface area contributed by atoms with Gasteiger partial charge in [0.05, 0.1) is 36.4 Å². The topological polar surface area (TPSA) is 122 Å². The van der Waals surface area contributed by atoms with Crippen molar-refractivity contribution < 1.29 is 24.0 Å². The first-order valence-corrected chi connectivity index (χ1v) is 5.84. The van der Waals surface area contributed by atoms with E-state index in [9.17, 15) is 19.7 Å². The second kappa shape index (κ2) is 6.89. The normalized spacial score (nSPS) is 9.81. The van der Waals surface area contributed by atoms with Crippen molar-refractivity contribution in [1.82, 2.24) is 8.75 Å². The molecule has 0 aliphatic heterocycles. The minimum atomic E-state index is -0.900. The van der Waals surface area contributed by atoms with Gasteiger partial charge in [-0.3, -0.25) is 10.1 Å². The number of rotatable bonds is 3. The molecule has 1 aromatic heterocycles. The first-order valence-electron chi connectivity index (χ1n) is 5.11. The fraction of sp³-hybridized carbons (Fsp3) is 0.200. The second-order valence-corrected chi connectivity index (χ2v) is 4.05. The van der Waals surface area contributed by atoms with Gasteiger partial charge in [-0.1, -0.05) is 0 Å². The third-order valence-corrected chi connectivity index (χ3v) is 3.04. The third kappa shape index (κ3) is 3.02. The van der Waals surface area contributed by atoms with Crippen LogP contribution in [0.2, 0.25) is 0 Å². The minimum Gasteiger partial charge on any atom is -0.465 e. The Bertz CT molecular complexity index is 731. The molecule has 0 saturated heterocycles. The van der Waals surface area contributed by atoms with Crippen LogP contribution in [-0.4, -0.2) is 69.4 Å². The molecule has 0 spiro atoms. The number of hydrogen-bond acceptors (Lipinski definition) is 9.